The first-order valence-electron chi connectivity index (χ1n) is 11.6. The third-order valence-corrected chi connectivity index (χ3v) is 6.70. The first-order valence-corrected chi connectivity index (χ1v) is 12.6. The second-order valence-electron chi connectivity index (χ2n) is 8.90. The number of nitrogens with zero attached hydrogens (tertiary/aromatic N) is 3. The number of nitrogens with one attached hydrogen (secondary N) is 2. The van der Waals surface area contributed by atoms with E-state index in [0.717, 1.165) is 34.0 Å². The number of amides is 1. The maximum Gasteiger partial charge on any atom is 0.234 e. The molecule has 0 radical (unpaired) electrons. The minimum atomic E-state index is -0.0668. The van der Waals surface area contributed by atoms with Gasteiger partial charge in [0.2, 0.25) is 5.91 Å². The highest BCUT2D eigenvalue weighted by Gasteiger charge is 2.17. The maximum absolute atomic E-state index is 12.8. The molecule has 0 aliphatic heterocycles. The third-order valence-electron chi connectivity index (χ3n) is 5.77. The van der Waals surface area contributed by atoms with Gasteiger partial charge >= 0.3 is 0 Å². The Balaban J connectivity index is 1.52. The van der Waals surface area contributed by atoms with Crippen molar-refractivity contribution in [1.82, 2.24) is 14.8 Å². The molecule has 1 aromatic heterocycles. The van der Waals surface area contributed by atoms with Gasteiger partial charge in [-0.15, -0.1) is 10.2 Å². The molecule has 0 aliphatic carbocycles. The highest BCUT2D eigenvalue weighted by Crippen LogP contribution is 2.25. The number of carbonyl (C=O) groups excluding carboxylic acids is 1. The molecule has 4 aromatic rings. The molecule has 0 saturated carbocycles. The van der Waals surface area contributed by atoms with E-state index >= 15 is 0 Å². The number of carbonyl (C=O) groups is 1. The van der Waals surface area contributed by atoms with Gasteiger partial charge in [-0.1, -0.05) is 64.9 Å². The summed E-state index contributed by atoms with van der Waals surface area (Å²) in [5.74, 6) is 0.952. The van der Waals surface area contributed by atoms with Crippen molar-refractivity contribution in [2.24, 2.45) is 0 Å². The summed E-state index contributed by atoms with van der Waals surface area (Å²) in [5, 5.41) is 16.0. The number of thioether (sulfide) groups is 1. The van der Waals surface area contributed by atoms with Crippen molar-refractivity contribution in [3.05, 3.63) is 94.3 Å². The number of hydrogen-bond acceptors (Lipinski definition) is 5. The molecule has 0 unspecified atom stereocenters. The molecule has 0 atom stereocenters. The van der Waals surface area contributed by atoms with Crippen LogP contribution in [0.15, 0.2) is 65.8 Å². The molecule has 0 fully saturated rings. The number of hydrogen-bond donors (Lipinski definition) is 2. The van der Waals surface area contributed by atoms with Gasteiger partial charge in [0.1, 0.15) is 0 Å². The van der Waals surface area contributed by atoms with E-state index in [1.54, 1.807) is 0 Å². The van der Waals surface area contributed by atoms with E-state index < -0.39 is 0 Å². The van der Waals surface area contributed by atoms with Gasteiger partial charge < -0.3 is 10.6 Å². The van der Waals surface area contributed by atoms with Crippen molar-refractivity contribution < 1.29 is 4.79 Å². The molecule has 1 amide bonds. The number of aromatic nitrogens is 3. The standard InChI is InChI=1S/C28H31N5OS/c1-18-6-10-23(11-7-18)29-16-25-31-32-28(33(25)24-12-8-19(2)9-13-24)35-17-26(34)30-27-21(4)14-20(3)15-22(27)5/h6-15,29H,16-17H2,1-5H3,(H,30,34). The van der Waals surface area contributed by atoms with Crippen LogP contribution in [0.25, 0.3) is 5.69 Å². The summed E-state index contributed by atoms with van der Waals surface area (Å²) in [5.41, 5.74) is 8.57. The van der Waals surface area contributed by atoms with Crippen LogP contribution in [0, 0.1) is 34.6 Å². The minimum absolute atomic E-state index is 0.0668. The van der Waals surface area contributed by atoms with Crippen molar-refractivity contribution in [3.63, 3.8) is 0 Å². The van der Waals surface area contributed by atoms with Crippen molar-refractivity contribution in [3.8, 4) is 5.69 Å². The average Bonchev–Trinajstić information content (AvgIpc) is 3.23. The lowest BCUT2D eigenvalue weighted by Crippen LogP contribution is -2.16. The second kappa shape index (κ2) is 10.8. The molecule has 4 rings (SSSR count). The summed E-state index contributed by atoms with van der Waals surface area (Å²) in [4.78, 5) is 12.8. The Morgan fingerprint density at radius 3 is 2.06 bits per heavy atom. The van der Waals surface area contributed by atoms with Crippen LogP contribution in [0.5, 0.6) is 0 Å². The van der Waals surface area contributed by atoms with E-state index in [0.29, 0.717) is 11.7 Å². The molecule has 7 heteroatoms. The zero-order valence-electron chi connectivity index (χ0n) is 20.8. The van der Waals surface area contributed by atoms with E-state index in [1.165, 1.54) is 28.5 Å². The molecular formula is C28H31N5OS. The van der Waals surface area contributed by atoms with Crippen LogP contribution in [-0.4, -0.2) is 26.4 Å². The molecule has 0 aliphatic rings. The Morgan fingerprint density at radius 2 is 1.43 bits per heavy atom. The molecule has 180 valence electrons. The molecule has 3 aromatic carbocycles. The first kappa shape index (κ1) is 24.5. The molecule has 2 N–H and O–H groups in total. The summed E-state index contributed by atoms with van der Waals surface area (Å²) >= 11 is 1.38. The van der Waals surface area contributed by atoms with E-state index in [-0.39, 0.29) is 11.7 Å². The highest BCUT2D eigenvalue weighted by molar-refractivity contribution is 7.99. The maximum atomic E-state index is 12.8. The van der Waals surface area contributed by atoms with Gasteiger partial charge in [0, 0.05) is 17.1 Å². The van der Waals surface area contributed by atoms with Gasteiger partial charge in [0.05, 0.1) is 12.3 Å². The van der Waals surface area contributed by atoms with E-state index in [4.69, 9.17) is 0 Å². The van der Waals surface area contributed by atoms with Gasteiger partial charge in [-0.25, -0.2) is 0 Å². The Morgan fingerprint density at radius 1 is 0.829 bits per heavy atom. The fourth-order valence-corrected chi connectivity index (χ4v) is 4.77. The fraction of sp³-hybridized carbons (Fsp3) is 0.250. The van der Waals surface area contributed by atoms with E-state index in [9.17, 15) is 4.79 Å². The van der Waals surface area contributed by atoms with Crippen LogP contribution in [0.4, 0.5) is 11.4 Å². The lowest BCUT2D eigenvalue weighted by atomic mass is 10.1. The molecule has 1 heterocycles. The van der Waals surface area contributed by atoms with Crippen LogP contribution in [0.3, 0.4) is 0 Å². The zero-order chi connectivity index (χ0) is 24.9. The topological polar surface area (TPSA) is 71.8 Å². The second-order valence-corrected chi connectivity index (χ2v) is 9.84. The number of rotatable bonds is 8. The van der Waals surface area contributed by atoms with E-state index in [1.807, 2.05) is 18.4 Å². The van der Waals surface area contributed by atoms with E-state index in [2.05, 4.69) is 102 Å². The van der Waals surface area contributed by atoms with Gasteiger partial charge in [0.25, 0.3) is 0 Å². The molecule has 6 nitrogen and oxygen atoms in total. The Kier molecular flexibility index (Phi) is 7.56. The quantitative estimate of drug-likeness (QED) is 0.293. The minimum Gasteiger partial charge on any atom is -0.378 e. The molecule has 0 saturated heterocycles. The van der Waals surface area contributed by atoms with Gasteiger partial charge in [0.15, 0.2) is 11.0 Å². The summed E-state index contributed by atoms with van der Waals surface area (Å²) in [7, 11) is 0. The zero-order valence-corrected chi connectivity index (χ0v) is 21.7. The van der Waals surface area contributed by atoms with Crippen LogP contribution in [0.1, 0.15) is 33.6 Å². The summed E-state index contributed by atoms with van der Waals surface area (Å²) < 4.78 is 2.01. The van der Waals surface area contributed by atoms with Crippen LogP contribution < -0.4 is 10.6 Å². The number of anilines is 2. The normalized spacial score (nSPS) is 10.9. The van der Waals surface area contributed by atoms with Crippen molar-refractivity contribution in [2.75, 3.05) is 16.4 Å². The summed E-state index contributed by atoms with van der Waals surface area (Å²) in [6, 6.07) is 20.7. The largest absolute Gasteiger partial charge is 0.378 e. The smallest absolute Gasteiger partial charge is 0.234 e. The lowest BCUT2D eigenvalue weighted by Gasteiger charge is -2.14. The van der Waals surface area contributed by atoms with Crippen molar-refractivity contribution in [1.29, 1.82) is 0 Å². The van der Waals surface area contributed by atoms with Gasteiger partial charge in [-0.05, 0) is 70.0 Å². The molecule has 35 heavy (non-hydrogen) atoms. The Hall–Kier alpha value is -3.58. The highest BCUT2D eigenvalue weighted by atomic mass is 32.2. The SMILES string of the molecule is Cc1ccc(NCc2nnc(SCC(=O)Nc3c(C)cc(C)cc3C)n2-c2ccc(C)cc2)cc1. The Labute approximate surface area is 211 Å². The molecular weight excluding hydrogens is 454 g/mol. The number of benzene rings is 3. The van der Waals surface area contributed by atoms with Crippen LogP contribution in [0.2, 0.25) is 0 Å². The fourth-order valence-electron chi connectivity index (χ4n) is 4.00. The lowest BCUT2D eigenvalue weighted by molar-refractivity contribution is -0.113. The average molecular weight is 486 g/mol. The van der Waals surface area contributed by atoms with Crippen LogP contribution in [-0.2, 0) is 11.3 Å². The summed E-state index contributed by atoms with van der Waals surface area (Å²) in [6.07, 6.45) is 0. The Bertz CT molecular complexity index is 1300. The van der Waals surface area contributed by atoms with Gasteiger partial charge in [-0.2, -0.15) is 0 Å². The van der Waals surface area contributed by atoms with Crippen LogP contribution >= 0.6 is 11.8 Å². The predicted octanol–water partition coefficient (Wildman–Crippen LogP) is 6.15. The van der Waals surface area contributed by atoms with Gasteiger partial charge in [-0.3, -0.25) is 9.36 Å². The van der Waals surface area contributed by atoms with Crippen molar-refractivity contribution in [2.45, 2.75) is 46.3 Å². The third kappa shape index (κ3) is 6.11. The predicted molar refractivity (Wildman–Crippen MR) is 145 cm³/mol. The summed E-state index contributed by atoms with van der Waals surface area (Å²) in [6.45, 7) is 10.7. The monoisotopic (exact) mass is 485 g/mol. The van der Waals surface area contributed by atoms with Crippen molar-refractivity contribution >= 4 is 29.0 Å². The molecule has 0 spiro atoms. The number of aryl methyl sites for hydroxylation is 5. The first-order chi connectivity index (χ1) is 16.8. The molecule has 0 bridgehead atoms.